The van der Waals surface area contributed by atoms with Crippen LogP contribution in [-0.4, -0.2) is 53.4 Å². The van der Waals surface area contributed by atoms with Crippen molar-refractivity contribution in [3.05, 3.63) is 30.1 Å². The van der Waals surface area contributed by atoms with E-state index in [0.717, 1.165) is 38.9 Å². The Morgan fingerprint density at radius 1 is 1.43 bits per heavy atom. The average molecular weight is 291 g/mol. The first kappa shape index (κ1) is 14.9. The normalized spacial score (nSPS) is 28.5. The fourth-order valence-corrected chi connectivity index (χ4v) is 3.70. The lowest BCUT2D eigenvalue weighted by atomic mass is 9.58. The lowest BCUT2D eigenvalue weighted by molar-refractivity contribution is -0.210. The third-order valence-electron chi connectivity index (χ3n) is 5.10. The van der Waals surface area contributed by atoms with Crippen molar-refractivity contribution in [1.82, 2.24) is 9.88 Å². The quantitative estimate of drug-likeness (QED) is 0.838. The van der Waals surface area contributed by atoms with Crippen molar-refractivity contribution >= 4 is 0 Å². The minimum Gasteiger partial charge on any atom is -0.392 e. The minimum atomic E-state index is -0.208. The summed E-state index contributed by atoms with van der Waals surface area (Å²) < 4.78 is 5.83. The van der Waals surface area contributed by atoms with Gasteiger partial charge in [-0.2, -0.15) is 0 Å². The molecule has 116 valence electrons. The highest BCUT2D eigenvalue weighted by atomic mass is 16.5. The molecule has 2 atom stereocenters. The number of nitrogens with two attached hydrogens (primary N) is 1. The number of piperidine rings is 1. The molecule has 1 aliphatic heterocycles. The van der Waals surface area contributed by atoms with Crippen molar-refractivity contribution in [3.8, 4) is 0 Å². The van der Waals surface area contributed by atoms with Gasteiger partial charge >= 0.3 is 0 Å². The van der Waals surface area contributed by atoms with Crippen molar-refractivity contribution in [3.63, 3.8) is 0 Å². The van der Waals surface area contributed by atoms with Crippen LogP contribution in [0.25, 0.3) is 0 Å². The molecular weight excluding hydrogens is 266 g/mol. The van der Waals surface area contributed by atoms with Gasteiger partial charge in [0.2, 0.25) is 0 Å². The van der Waals surface area contributed by atoms with Crippen LogP contribution in [0.2, 0.25) is 0 Å². The SMILES string of the molecule is NCCOC1CC(O)C12CCN(Cc1cccnc1)CC2. The summed E-state index contributed by atoms with van der Waals surface area (Å²) in [5, 5.41) is 10.2. The first-order chi connectivity index (χ1) is 10.2. The number of likely N-dealkylation sites (tertiary alicyclic amines) is 1. The number of aliphatic hydroxyl groups is 1. The lowest BCUT2D eigenvalue weighted by Gasteiger charge is -2.56. The first-order valence-corrected chi connectivity index (χ1v) is 7.85. The number of aliphatic hydroxyl groups excluding tert-OH is 1. The van der Waals surface area contributed by atoms with E-state index in [9.17, 15) is 5.11 Å². The van der Waals surface area contributed by atoms with Crippen LogP contribution in [0.5, 0.6) is 0 Å². The molecule has 3 N–H and O–H groups in total. The Balaban J connectivity index is 1.54. The van der Waals surface area contributed by atoms with Gasteiger partial charge in [-0.1, -0.05) is 6.07 Å². The molecule has 2 unspecified atom stereocenters. The van der Waals surface area contributed by atoms with E-state index in [1.54, 1.807) is 6.20 Å². The summed E-state index contributed by atoms with van der Waals surface area (Å²) in [6.07, 6.45) is 6.49. The fraction of sp³-hybridized carbons (Fsp3) is 0.688. The summed E-state index contributed by atoms with van der Waals surface area (Å²) in [6.45, 7) is 4.10. The molecule has 1 aromatic rings. The molecule has 2 fully saturated rings. The van der Waals surface area contributed by atoms with Crippen molar-refractivity contribution in [1.29, 1.82) is 0 Å². The van der Waals surface area contributed by atoms with Crippen molar-refractivity contribution in [2.45, 2.75) is 38.0 Å². The summed E-state index contributed by atoms with van der Waals surface area (Å²) in [5.74, 6) is 0. The molecule has 0 amide bonds. The average Bonchev–Trinajstić information content (AvgIpc) is 2.53. The number of pyridine rings is 1. The van der Waals surface area contributed by atoms with Gasteiger partial charge in [0.15, 0.2) is 0 Å². The molecule has 1 aliphatic carbocycles. The zero-order chi connectivity index (χ0) is 14.7. The molecule has 0 radical (unpaired) electrons. The number of ether oxygens (including phenoxy) is 1. The highest BCUT2D eigenvalue weighted by Gasteiger charge is 2.55. The summed E-state index contributed by atoms with van der Waals surface area (Å²) >= 11 is 0. The Bertz CT molecular complexity index is 446. The van der Waals surface area contributed by atoms with Crippen LogP contribution in [0.4, 0.5) is 0 Å². The molecule has 3 rings (SSSR count). The second kappa shape index (κ2) is 6.40. The number of aromatic nitrogens is 1. The third kappa shape index (κ3) is 2.97. The molecule has 2 heterocycles. The predicted octanol–water partition coefficient (Wildman–Crippen LogP) is 0.772. The van der Waals surface area contributed by atoms with Crippen molar-refractivity contribution in [2.24, 2.45) is 11.1 Å². The van der Waals surface area contributed by atoms with Crippen LogP contribution in [0, 0.1) is 5.41 Å². The van der Waals surface area contributed by atoms with E-state index in [-0.39, 0.29) is 17.6 Å². The predicted molar refractivity (Wildman–Crippen MR) is 80.6 cm³/mol. The minimum absolute atomic E-state index is 0.0272. The first-order valence-electron chi connectivity index (χ1n) is 7.85. The Kier molecular flexibility index (Phi) is 4.54. The number of rotatable bonds is 5. The standard InChI is InChI=1S/C16H25N3O2/c17-5-9-21-15-10-14(20)16(15)3-7-19(8-4-16)12-13-2-1-6-18-11-13/h1-2,6,11,14-15,20H,3-5,7-10,12,17H2. The third-order valence-corrected chi connectivity index (χ3v) is 5.10. The van der Waals surface area contributed by atoms with Gasteiger partial charge in [-0.05, 0) is 37.6 Å². The Morgan fingerprint density at radius 3 is 2.86 bits per heavy atom. The van der Waals surface area contributed by atoms with Crippen LogP contribution in [0.3, 0.4) is 0 Å². The summed E-state index contributed by atoms with van der Waals surface area (Å²) in [5.41, 5.74) is 6.74. The van der Waals surface area contributed by atoms with E-state index < -0.39 is 0 Å². The van der Waals surface area contributed by atoms with Gasteiger partial charge in [0.05, 0.1) is 18.8 Å². The van der Waals surface area contributed by atoms with Crippen LogP contribution in [-0.2, 0) is 11.3 Å². The number of hydrogen-bond acceptors (Lipinski definition) is 5. The van der Waals surface area contributed by atoms with Gasteiger partial charge in [0.1, 0.15) is 0 Å². The van der Waals surface area contributed by atoms with E-state index in [2.05, 4.69) is 16.0 Å². The van der Waals surface area contributed by atoms with Crippen molar-refractivity contribution in [2.75, 3.05) is 26.2 Å². The van der Waals surface area contributed by atoms with Gasteiger partial charge in [0, 0.05) is 37.3 Å². The van der Waals surface area contributed by atoms with E-state index >= 15 is 0 Å². The highest BCUT2D eigenvalue weighted by Crippen LogP contribution is 2.51. The second-order valence-electron chi connectivity index (χ2n) is 6.27. The molecule has 0 aromatic carbocycles. The van der Waals surface area contributed by atoms with E-state index in [0.29, 0.717) is 13.2 Å². The van der Waals surface area contributed by atoms with Gasteiger partial charge in [-0.15, -0.1) is 0 Å². The molecule has 1 spiro atoms. The molecule has 1 aromatic heterocycles. The summed E-state index contributed by atoms with van der Waals surface area (Å²) in [7, 11) is 0. The second-order valence-corrected chi connectivity index (χ2v) is 6.27. The molecule has 5 heteroatoms. The van der Waals surface area contributed by atoms with Gasteiger partial charge < -0.3 is 15.6 Å². The van der Waals surface area contributed by atoms with Gasteiger partial charge in [0.25, 0.3) is 0 Å². The zero-order valence-electron chi connectivity index (χ0n) is 12.4. The van der Waals surface area contributed by atoms with E-state index in [4.69, 9.17) is 10.5 Å². The monoisotopic (exact) mass is 291 g/mol. The van der Waals surface area contributed by atoms with E-state index in [1.165, 1.54) is 5.56 Å². The lowest BCUT2D eigenvalue weighted by Crippen LogP contribution is -2.62. The number of nitrogens with zero attached hydrogens (tertiary/aromatic N) is 2. The zero-order valence-corrected chi connectivity index (χ0v) is 12.4. The summed E-state index contributed by atoms with van der Waals surface area (Å²) in [6, 6.07) is 4.09. The maximum atomic E-state index is 10.2. The topological polar surface area (TPSA) is 71.6 Å². The van der Waals surface area contributed by atoms with Gasteiger partial charge in [-0.3, -0.25) is 9.88 Å². The van der Waals surface area contributed by atoms with Crippen LogP contribution >= 0.6 is 0 Å². The number of hydrogen-bond donors (Lipinski definition) is 2. The molecule has 21 heavy (non-hydrogen) atoms. The Morgan fingerprint density at radius 2 is 2.24 bits per heavy atom. The Labute approximate surface area is 126 Å². The molecule has 0 bridgehead atoms. The Hall–Kier alpha value is -1.01. The molecule has 1 saturated heterocycles. The summed E-state index contributed by atoms with van der Waals surface area (Å²) in [4.78, 5) is 6.60. The molecule has 5 nitrogen and oxygen atoms in total. The van der Waals surface area contributed by atoms with Gasteiger partial charge in [-0.25, -0.2) is 0 Å². The maximum absolute atomic E-state index is 10.2. The molecular formula is C16H25N3O2. The molecule has 2 aliphatic rings. The largest absolute Gasteiger partial charge is 0.392 e. The van der Waals surface area contributed by atoms with Crippen molar-refractivity contribution < 1.29 is 9.84 Å². The fourth-order valence-electron chi connectivity index (χ4n) is 3.70. The van der Waals surface area contributed by atoms with E-state index in [1.807, 2.05) is 12.3 Å². The highest BCUT2D eigenvalue weighted by molar-refractivity contribution is 5.10. The molecule has 1 saturated carbocycles. The van der Waals surface area contributed by atoms with Crippen LogP contribution < -0.4 is 5.73 Å². The van der Waals surface area contributed by atoms with Crippen LogP contribution in [0.1, 0.15) is 24.8 Å². The smallest absolute Gasteiger partial charge is 0.0682 e. The van der Waals surface area contributed by atoms with Crippen LogP contribution in [0.15, 0.2) is 24.5 Å². The maximum Gasteiger partial charge on any atom is 0.0682 e.